The lowest BCUT2D eigenvalue weighted by Crippen LogP contribution is -2.38. The Kier molecular flexibility index (Phi) is 6.61. The highest BCUT2D eigenvalue weighted by Crippen LogP contribution is 2.30. The zero-order valence-corrected chi connectivity index (χ0v) is 12.8. The van der Waals surface area contributed by atoms with Crippen molar-refractivity contribution < 1.29 is 14.6 Å². The quantitative estimate of drug-likeness (QED) is 0.635. The summed E-state index contributed by atoms with van der Waals surface area (Å²) < 4.78 is 10.7. The molecule has 1 rings (SSSR count). The van der Waals surface area contributed by atoms with Crippen LogP contribution in [0, 0.1) is 0 Å². The average molecular weight is 282 g/mol. The third-order valence-electron chi connectivity index (χ3n) is 2.62. The van der Waals surface area contributed by atoms with E-state index in [2.05, 4.69) is 31.4 Å². The number of aliphatic hydroxyl groups excluding tert-OH is 1. The number of nitrogens with one attached hydrogen (secondary N) is 2. The van der Waals surface area contributed by atoms with Crippen LogP contribution in [0.4, 0.5) is 5.69 Å². The van der Waals surface area contributed by atoms with Gasteiger partial charge in [0.2, 0.25) is 0 Å². The second-order valence-corrected chi connectivity index (χ2v) is 5.54. The van der Waals surface area contributed by atoms with Gasteiger partial charge in [0, 0.05) is 30.4 Å². The first-order chi connectivity index (χ1) is 9.46. The van der Waals surface area contributed by atoms with Crippen molar-refractivity contribution in [1.29, 1.82) is 0 Å². The molecule has 0 saturated carbocycles. The molecule has 0 fully saturated rings. The van der Waals surface area contributed by atoms with Crippen LogP contribution < -0.4 is 20.1 Å². The van der Waals surface area contributed by atoms with Crippen LogP contribution in [0.25, 0.3) is 0 Å². The van der Waals surface area contributed by atoms with Gasteiger partial charge in [-0.25, -0.2) is 0 Å². The molecule has 0 radical (unpaired) electrons. The summed E-state index contributed by atoms with van der Waals surface area (Å²) in [7, 11) is 1.60. The molecule has 0 aliphatic carbocycles. The van der Waals surface area contributed by atoms with E-state index < -0.39 is 0 Å². The number of ether oxygens (including phenoxy) is 2. The van der Waals surface area contributed by atoms with Crippen molar-refractivity contribution in [1.82, 2.24) is 5.32 Å². The predicted octanol–water partition coefficient (Wildman–Crippen LogP) is 1.87. The van der Waals surface area contributed by atoms with E-state index in [4.69, 9.17) is 14.6 Å². The van der Waals surface area contributed by atoms with Crippen LogP contribution in [0.1, 0.15) is 20.8 Å². The SMILES string of the molecule is COc1ccc(NCCNC(C)(C)C)cc1OCCO. The Labute approximate surface area is 121 Å². The van der Waals surface area contributed by atoms with Gasteiger partial charge in [-0.3, -0.25) is 0 Å². The van der Waals surface area contributed by atoms with Crippen molar-refractivity contribution >= 4 is 5.69 Å². The predicted molar refractivity (Wildman–Crippen MR) is 81.8 cm³/mol. The molecule has 0 amide bonds. The Balaban J connectivity index is 2.53. The summed E-state index contributed by atoms with van der Waals surface area (Å²) in [6.45, 7) is 8.36. The van der Waals surface area contributed by atoms with Gasteiger partial charge in [0.1, 0.15) is 6.61 Å². The number of benzene rings is 1. The fourth-order valence-corrected chi connectivity index (χ4v) is 1.70. The van der Waals surface area contributed by atoms with Crippen LogP contribution in [0.15, 0.2) is 18.2 Å². The highest BCUT2D eigenvalue weighted by atomic mass is 16.5. The fourth-order valence-electron chi connectivity index (χ4n) is 1.70. The molecule has 1 aromatic carbocycles. The summed E-state index contributed by atoms with van der Waals surface area (Å²) in [6, 6.07) is 5.68. The topological polar surface area (TPSA) is 62.8 Å². The van der Waals surface area contributed by atoms with Gasteiger partial charge in [-0.1, -0.05) is 0 Å². The second-order valence-electron chi connectivity index (χ2n) is 5.54. The molecule has 5 nitrogen and oxygen atoms in total. The first kappa shape index (κ1) is 16.6. The summed E-state index contributed by atoms with van der Waals surface area (Å²) in [5.74, 6) is 1.30. The van der Waals surface area contributed by atoms with Crippen molar-refractivity contribution in [2.45, 2.75) is 26.3 Å². The molecule has 0 heterocycles. The van der Waals surface area contributed by atoms with E-state index >= 15 is 0 Å². The van der Waals surface area contributed by atoms with E-state index in [1.165, 1.54) is 0 Å². The number of methoxy groups -OCH3 is 1. The van der Waals surface area contributed by atoms with Gasteiger partial charge in [-0.2, -0.15) is 0 Å². The minimum atomic E-state index is -0.0175. The standard InChI is InChI=1S/C15H26N2O3/c1-15(2,3)17-8-7-16-12-5-6-13(19-4)14(11-12)20-10-9-18/h5-6,11,16-18H,7-10H2,1-4H3. The molecule has 0 spiro atoms. The maximum absolute atomic E-state index is 8.82. The van der Waals surface area contributed by atoms with Crippen molar-refractivity contribution in [2.24, 2.45) is 0 Å². The van der Waals surface area contributed by atoms with Crippen LogP contribution in [-0.4, -0.2) is 44.1 Å². The zero-order valence-electron chi connectivity index (χ0n) is 12.8. The van der Waals surface area contributed by atoms with Gasteiger partial charge in [-0.05, 0) is 32.9 Å². The molecule has 0 atom stereocenters. The Morgan fingerprint density at radius 2 is 1.90 bits per heavy atom. The van der Waals surface area contributed by atoms with E-state index in [9.17, 15) is 0 Å². The molecule has 0 aromatic heterocycles. The van der Waals surface area contributed by atoms with Gasteiger partial charge in [-0.15, -0.1) is 0 Å². The summed E-state index contributed by atoms with van der Waals surface area (Å²) in [5.41, 5.74) is 1.09. The Morgan fingerprint density at radius 3 is 2.50 bits per heavy atom. The maximum atomic E-state index is 8.82. The lowest BCUT2D eigenvalue weighted by molar-refractivity contribution is 0.196. The van der Waals surface area contributed by atoms with Gasteiger partial charge < -0.3 is 25.2 Å². The molecule has 0 bridgehead atoms. The summed E-state index contributed by atoms with van der Waals surface area (Å²) in [6.07, 6.45) is 0. The van der Waals surface area contributed by atoms with Crippen molar-refractivity contribution in [3.8, 4) is 11.5 Å². The van der Waals surface area contributed by atoms with Gasteiger partial charge in [0.05, 0.1) is 13.7 Å². The molecule has 0 aliphatic heterocycles. The number of hydrogen-bond acceptors (Lipinski definition) is 5. The number of hydrogen-bond donors (Lipinski definition) is 3. The average Bonchev–Trinajstić information content (AvgIpc) is 2.40. The first-order valence-corrected chi connectivity index (χ1v) is 6.87. The Hall–Kier alpha value is -1.46. The van der Waals surface area contributed by atoms with Gasteiger partial charge >= 0.3 is 0 Å². The molecule has 3 N–H and O–H groups in total. The molecular formula is C15H26N2O3. The van der Waals surface area contributed by atoms with Gasteiger partial charge in [0.25, 0.3) is 0 Å². The Bertz CT molecular complexity index is 403. The third kappa shape index (κ3) is 6.12. The Morgan fingerprint density at radius 1 is 1.15 bits per heavy atom. The lowest BCUT2D eigenvalue weighted by Gasteiger charge is -2.21. The summed E-state index contributed by atoms with van der Waals surface area (Å²) in [5, 5.41) is 15.6. The second kappa shape index (κ2) is 7.97. The molecule has 20 heavy (non-hydrogen) atoms. The highest BCUT2D eigenvalue weighted by Gasteiger charge is 2.08. The molecular weight excluding hydrogens is 256 g/mol. The van der Waals surface area contributed by atoms with E-state index in [-0.39, 0.29) is 18.8 Å². The fraction of sp³-hybridized carbons (Fsp3) is 0.600. The molecule has 0 saturated heterocycles. The zero-order chi connectivity index (χ0) is 15.0. The van der Waals surface area contributed by atoms with E-state index in [1.807, 2.05) is 18.2 Å². The van der Waals surface area contributed by atoms with Crippen LogP contribution in [0.2, 0.25) is 0 Å². The largest absolute Gasteiger partial charge is 0.493 e. The summed E-state index contributed by atoms with van der Waals surface area (Å²) >= 11 is 0. The minimum absolute atomic E-state index is 0.0175. The lowest BCUT2D eigenvalue weighted by atomic mass is 10.1. The van der Waals surface area contributed by atoms with Crippen LogP contribution in [0.5, 0.6) is 11.5 Å². The monoisotopic (exact) mass is 282 g/mol. The number of aliphatic hydroxyl groups is 1. The number of rotatable bonds is 8. The normalized spacial score (nSPS) is 11.2. The van der Waals surface area contributed by atoms with Crippen molar-refractivity contribution in [3.05, 3.63) is 18.2 Å². The minimum Gasteiger partial charge on any atom is -0.493 e. The molecule has 1 aromatic rings. The molecule has 0 unspecified atom stereocenters. The van der Waals surface area contributed by atoms with Crippen molar-refractivity contribution in [2.75, 3.05) is 38.7 Å². The molecule has 114 valence electrons. The van der Waals surface area contributed by atoms with E-state index in [0.717, 1.165) is 18.8 Å². The highest BCUT2D eigenvalue weighted by molar-refractivity contribution is 5.54. The van der Waals surface area contributed by atoms with Crippen LogP contribution >= 0.6 is 0 Å². The summed E-state index contributed by atoms with van der Waals surface area (Å²) in [4.78, 5) is 0. The van der Waals surface area contributed by atoms with E-state index in [0.29, 0.717) is 11.5 Å². The maximum Gasteiger partial charge on any atom is 0.163 e. The third-order valence-corrected chi connectivity index (χ3v) is 2.62. The van der Waals surface area contributed by atoms with Crippen molar-refractivity contribution in [3.63, 3.8) is 0 Å². The number of anilines is 1. The molecule has 5 heteroatoms. The molecule has 0 aliphatic rings. The smallest absolute Gasteiger partial charge is 0.163 e. The van der Waals surface area contributed by atoms with Crippen LogP contribution in [-0.2, 0) is 0 Å². The first-order valence-electron chi connectivity index (χ1n) is 6.87. The van der Waals surface area contributed by atoms with E-state index in [1.54, 1.807) is 7.11 Å². The van der Waals surface area contributed by atoms with Gasteiger partial charge in [0.15, 0.2) is 11.5 Å². The van der Waals surface area contributed by atoms with Crippen LogP contribution in [0.3, 0.4) is 0 Å².